The minimum absolute atomic E-state index is 0.275. The third-order valence-electron chi connectivity index (χ3n) is 7.24. The fourth-order valence-corrected chi connectivity index (χ4v) is 5.29. The largest absolute Gasteiger partial charge is 0.353 e. The Morgan fingerprint density at radius 2 is 1.66 bits per heavy atom. The quantitative estimate of drug-likeness (QED) is 0.341. The summed E-state index contributed by atoms with van der Waals surface area (Å²) in [5, 5.41) is 6.08. The molecule has 0 amide bonds. The Balaban J connectivity index is 1.27. The van der Waals surface area contributed by atoms with Crippen molar-refractivity contribution in [1.82, 2.24) is 29.5 Å². The highest BCUT2D eigenvalue weighted by molar-refractivity contribution is 5.96. The van der Waals surface area contributed by atoms with E-state index in [0.717, 1.165) is 77.7 Å². The van der Waals surface area contributed by atoms with Crippen LogP contribution in [0.25, 0.3) is 39.2 Å². The summed E-state index contributed by atoms with van der Waals surface area (Å²) in [5.41, 5.74) is 6.31. The maximum absolute atomic E-state index is 13.7. The van der Waals surface area contributed by atoms with Crippen LogP contribution in [0.3, 0.4) is 0 Å². The van der Waals surface area contributed by atoms with Gasteiger partial charge in [-0.1, -0.05) is 30.3 Å². The topological polar surface area (TPSA) is 65.3 Å². The molecule has 0 spiro atoms. The molecule has 1 fully saturated rings. The maximum Gasteiger partial charge on any atom is 0.155 e. The summed E-state index contributed by atoms with van der Waals surface area (Å²) in [5.74, 6) is 0.642. The molecule has 0 radical (unpaired) electrons. The number of nitrogens with zero attached hydrogens (tertiary/aromatic N) is 6. The number of benzene rings is 2. The van der Waals surface area contributed by atoms with Crippen molar-refractivity contribution in [2.75, 3.05) is 31.1 Å². The van der Waals surface area contributed by atoms with E-state index in [9.17, 15) is 4.39 Å². The zero-order chi connectivity index (χ0) is 25.5. The van der Waals surface area contributed by atoms with Gasteiger partial charge >= 0.3 is 0 Å². The number of imidazole rings is 1. The molecule has 1 saturated heterocycles. The third-order valence-corrected chi connectivity index (χ3v) is 7.24. The number of piperazine rings is 1. The molecule has 7 nitrogen and oxygen atoms in total. The molecule has 0 bridgehead atoms. The predicted octanol–water partition coefficient (Wildman–Crippen LogP) is 5.40. The van der Waals surface area contributed by atoms with E-state index in [0.29, 0.717) is 0 Å². The molecule has 2 aromatic carbocycles. The molecule has 0 atom stereocenters. The molecule has 38 heavy (non-hydrogen) atoms. The van der Waals surface area contributed by atoms with Gasteiger partial charge in [-0.15, -0.1) is 5.10 Å². The van der Waals surface area contributed by atoms with Gasteiger partial charge in [0.15, 0.2) is 5.65 Å². The Morgan fingerprint density at radius 3 is 2.47 bits per heavy atom. The summed E-state index contributed by atoms with van der Waals surface area (Å²) in [6.45, 7) is 4.71. The van der Waals surface area contributed by atoms with E-state index in [1.165, 1.54) is 17.7 Å². The second kappa shape index (κ2) is 9.39. The SMILES string of the molecule is Fc1ccc(-c2nc3ccc(N4CCN(Cc5ccccc5)CC4)nn3c2-c2ccnc3[nH]ccc23)cc1. The van der Waals surface area contributed by atoms with E-state index in [-0.39, 0.29) is 5.82 Å². The van der Waals surface area contributed by atoms with Crippen molar-refractivity contribution in [2.24, 2.45) is 0 Å². The molecule has 1 aliphatic heterocycles. The second-order valence-electron chi connectivity index (χ2n) is 9.62. The van der Waals surface area contributed by atoms with Crippen LogP contribution in [0.5, 0.6) is 0 Å². The van der Waals surface area contributed by atoms with Crippen LogP contribution in [0.2, 0.25) is 0 Å². The number of pyridine rings is 1. The standard InChI is InChI=1S/C30H26FN7/c31-23-8-6-22(7-9-23)28-29(24-12-14-32-30-25(24)13-15-33-30)38-26(34-28)10-11-27(35-38)37-18-16-36(17-19-37)20-21-4-2-1-3-5-21/h1-15H,16-20H2,(H,32,33). The van der Waals surface area contributed by atoms with Gasteiger partial charge in [0.25, 0.3) is 0 Å². The lowest BCUT2D eigenvalue weighted by Crippen LogP contribution is -2.46. The lowest BCUT2D eigenvalue weighted by molar-refractivity contribution is 0.249. The molecule has 1 aliphatic rings. The Morgan fingerprint density at radius 1 is 0.842 bits per heavy atom. The van der Waals surface area contributed by atoms with Gasteiger partial charge in [-0.2, -0.15) is 0 Å². The number of nitrogens with one attached hydrogen (secondary N) is 1. The summed E-state index contributed by atoms with van der Waals surface area (Å²) in [6, 6.07) is 25.2. The highest BCUT2D eigenvalue weighted by atomic mass is 19.1. The zero-order valence-corrected chi connectivity index (χ0v) is 20.8. The molecule has 7 rings (SSSR count). The molecule has 6 aromatic rings. The molecule has 0 unspecified atom stereocenters. The summed E-state index contributed by atoms with van der Waals surface area (Å²) in [7, 11) is 0. The highest BCUT2D eigenvalue weighted by Gasteiger charge is 2.23. The Labute approximate surface area is 219 Å². The number of aromatic nitrogens is 5. The summed E-state index contributed by atoms with van der Waals surface area (Å²) >= 11 is 0. The van der Waals surface area contributed by atoms with Crippen molar-refractivity contribution >= 4 is 22.5 Å². The molecule has 4 aromatic heterocycles. The van der Waals surface area contributed by atoms with Crippen LogP contribution in [-0.2, 0) is 6.54 Å². The molecular weight excluding hydrogens is 477 g/mol. The summed E-state index contributed by atoms with van der Waals surface area (Å²) in [6.07, 6.45) is 3.67. The summed E-state index contributed by atoms with van der Waals surface area (Å²) in [4.78, 5) is 17.4. The van der Waals surface area contributed by atoms with Crippen LogP contribution in [0.4, 0.5) is 10.2 Å². The van der Waals surface area contributed by atoms with Gasteiger partial charge in [-0.25, -0.2) is 18.9 Å². The maximum atomic E-state index is 13.7. The first kappa shape index (κ1) is 22.6. The van der Waals surface area contributed by atoms with E-state index in [2.05, 4.69) is 50.1 Å². The normalized spacial score (nSPS) is 14.5. The fraction of sp³-hybridized carbons (Fsp3) is 0.167. The van der Waals surface area contributed by atoms with Gasteiger partial charge < -0.3 is 9.88 Å². The third kappa shape index (κ3) is 4.09. The highest BCUT2D eigenvalue weighted by Crippen LogP contribution is 2.36. The van der Waals surface area contributed by atoms with Crippen molar-refractivity contribution in [2.45, 2.75) is 6.54 Å². The van der Waals surface area contributed by atoms with Crippen LogP contribution in [0.15, 0.2) is 91.3 Å². The first-order valence-electron chi connectivity index (χ1n) is 12.8. The van der Waals surface area contributed by atoms with Gasteiger partial charge in [0.2, 0.25) is 0 Å². The number of H-pyrrole nitrogens is 1. The van der Waals surface area contributed by atoms with Crippen LogP contribution in [0.1, 0.15) is 5.56 Å². The van der Waals surface area contributed by atoms with Crippen LogP contribution < -0.4 is 4.90 Å². The average Bonchev–Trinajstić information content (AvgIpc) is 3.59. The molecule has 1 N–H and O–H groups in total. The molecule has 5 heterocycles. The van der Waals surface area contributed by atoms with Gasteiger partial charge in [-0.05, 0) is 54.1 Å². The Hall–Kier alpha value is -4.56. The van der Waals surface area contributed by atoms with Crippen LogP contribution in [-0.4, -0.2) is 55.6 Å². The Kier molecular flexibility index (Phi) is 5.59. The van der Waals surface area contributed by atoms with Crippen molar-refractivity contribution in [3.63, 3.8) is 0 Å². The van der Waals surface area contributed by atoms with E-state index < -0.39 is 0 Å². The lowest BCUT2D eigenvalue weighted by atomic mass is 10.0. The first-order chi connectivity index (χ1) is 18.7. The molecular formula is C30H26FN7. The summed E-state index contributed by atoms with van der Waals surface area (Å²) < 4.78 is 15.7. The molecule has 188 valence electrons. The van der Waals surface area contributed by atoms with E-state index in [1.54, 1.807) is 18.3 Å². The lowest BCUT2D eigenvalue weighted by Gasteiger charge is -2.35. The number of hydrogen-bond acceptors (Lipinski definition) is 5. The van der Waals surface area contributed by atoms with Gasteiger partial charge in [-0.3, -0.25) is 4.90 Å². The number of fused-ring (bicyclic) bond motifs is 2. The van der Waals surface area contributed by atoms with Crippen LogP contribution in [0, 0.1) is 5.82 Å². The Bertz CT molecular complexity index is 1720. The van der Waals surface area contributed by atoms with Crippen molar-refractivity contribution in [1.29, 1.82) is 0 Å². The number of rotatable bonds is 5. The van der Waals surface area contributed by atoms with E-state index >= 15 is 0 Å². The number of aromatic amines is 1. The van der Waals surface area contributed by atoms with E-state index in [1.807, 2.05) is 35.0 Å². The number of anilines is 1. The predicted molar refractivity (Wildman–Crippen MR) is 147 cm³/mol. The van der Waals surface area contributed by atoms with E-state index in [4.69, 9.17) is 10.1 Å². The molecule has 8 heteroatoms. The van der Waals surface area contributed by atoms with Crippen LogP contribution >= 0.6 is 0 Å². The monoisotopic (exact) mass is 503 g/mol. The zero-order valence-electron chi connectivity index (χ0n) is 20.8. The average molecular weight is 504 g/mol. The minimum Gasteiger partial charge on any atom is -0.353 e. The van der Waals surface area contributed by atoms with Gasteiger partial charge in [0.05, 0.1) is 5.69 Å². The van der Waals surface area contributed by atoms with Crippen molar-refractivity contribution in [3.8, 4) is 22.5 Å². The fourth-order valence-electron chi connectivity index (χ4n) is 5.29. The van der Waals surface area contributed by atoms with Crippen molar-refractivity contribution in [3.05, 3.63) is 103 Å². The van der Waals surface area contributed by atoms with Gasteiger partial charge in [0.1, 0.15) is 23.0 Å². The van der Waals surface area contributed by atoms with Crippen molar-refractivity contribution < 1.29 is 4.39 Å². The second-order valence-corrected chi connectivity index (χ2v) is 9.62. The van der Waals surface area contributed by atoms with Gasteiger partial charge in [0, 0.05) is 61.6 Å². The first-order valence-corrected chi connectivity index (χ1v) is 12.8. The smallest absolute Gasteiger partial charge is 0.155 e. The number of halogens is 1. The molecule has 0 saturated carbocycles. The number of hydrogen-bond donors (Lipinski definition) is 1. The minimum atomic E-state index is -0.275. The molecule has 0 aliphatic carbocycles.